The zero-order valence-corrected chi connectivity index (χ0v) is 18.0. The second kappa shape index (κ2) is 7.35. The minimum Gasteiger partial charge on any atom is -0.353 e. The third-order valence-electron chi connectivity index (χ3n) is 6.19. The summed E-state index contributed by atoms with van der Waals surface area (Å²) >= 11 is 0. The Hall–Kier alpha value is -4.84. The molecule has 6 nitrogen and oxygen atoms in total. The quantitative estimate of drug-likeness (QED) is 0.504. The predicted octanol–water partition coefficient (Wildman–Crippen LogP) is 3.28. The summed E-state index contributed by atoms with van der Waals surface area (Å²) in [6, 6.07) is 16.4. The summed E-state index contributed by atoms with van der Waals surface area (Å²) in [6.45, 7) is 0. The number of aromatic nitrogens is 4. The van der Waals surface area contributed by atoms with E-state index in [0.717, 1.165) is 67.2 Å². The molecular weight excluding hydrogens is 420 g/mol. The molecule has 4 aromatic rings. The Kier molecular flexibility index (Phi) is 4.04. The highest BCUT2D eigenvalue weighted by molar-refractivity contribution is 6.33. The highest BCUT2D eigenvalue weighted by Crippen LogP contribution is 2.30. The number of nitrogens with one attached hydrogen (secondary N) is 2. The lowest BCUT2D eigenvalue weighted by molar-refractivity contribution is 1.21. The first-order valence-electron chi connectivity index (χ1n) is 11.1. The van der Waals surface area contributed by atoms with E-state index in [1.165, 1.54) is 0 Å². The molecule has 160 valence electrons. The van der Waals surface area contributed by atoms with Gasteiger partial charge in [0.05, 0.1) is 33.9 Å². The van der Waals surface area contributed by atoms with Gasteiger partial charge in [0, 0.05) is 47.0 Å². The van der Waals surface area contributed by atoms with Crippen molar-refractivity contribution in [2.45, 2.75) is 0 Å². The molecule has 0 fully saturated rings. The van der Waals surface area contributed by atoms with Crippen LogP contribution in [0.2, 0.25) is 0 Å². The lowest BCUT2D eigenvalue weighted by Crippen LogP contribution is -2.16. The fourth-order valence-electron chi connectivity index (χ4n) is 4.60. The minimum atomic E-state index is 0.879. The van der Waals surface area contributed by atoms with Crippen molar-refractivity contribution in [2.24, 2.45) is 9.98 Å². The number of nitrogens with zero attached hydrogens (tertiary/aromatic N) is 4. The van der Waals surface area contributed by atoms with E-state index in [4.69, 9.17) is 9.98 Å². The van der Waals surface area contributed by atoms with Crippen molar-refractivity contribution in [3.63, 3.8) is 0 Å². The molecule has 0 spiro atoms. The Morgan fingerprint density at radius 3 is 1.88 bits per heavy atom. The average molecular weight is 438 g/mol. The van der Waals surface area contributed by atoms with Crippen molar-refractivity contribution in [1.29, 1.82) is 0 Å². The van der Waals surface area contributed by atoms with Crippen molar-refractivity contribution in [3.05, 3.63) is 137 Å². The maximum absolute atomic E-state index is 4.99. The van der Waals surface area contributed by atoms with Crippen molar-refractivity contribution in [1.82, 2.24) is 19.9 Å². The number of aromatic amines is 2. The van der Waals surface area contributed by atoms with Gasteiger partial charge in [0.2, 0.25) is 0 Å². The predicted molar refractivity (Wildman–Crippen MR) is 134 cm³/mol. The van der Waals surface area contributed by atoms with E-state index in [-0.39, 0.29) is 0 Å². The molecular formula is C28H18N6. The van der Waals surface area contributed by atoms with Gasteiger partial charge in [-0.15, -0.1) is 0 Å². The van der Waals surface area contributed by atoms with E-state index < -0.39 is 0 Å². The molecule has 0 radical (unpaired) electrons. The largest absolute Gasteiger partial charge is 0.353 e. The summed E-state index contributed by atoms with van der Waals surface area (Å²) in [4.78, 5) is 25.5. The van der Waals surface area contributed by atoms with Gasteiger partial charge in [0.1, 0.15) is 0 Å². The summed E-state index contributed by atoms with van der Waals surface area (Å²) in [5, 5.41) is 1.97. The average Bonchev–Trinajstić information content (AvgIpc) is 3.68. The van der Waals surface area contributed by atoms with Crippen LogP contribution in [0, 0.1) is 0 Å². The molecule has 0 aliphatic carbocycles. The van der Waals surface area contributed by atoms with Gasteiger partial charge in [-0.1, -0.05) is 0 Å². The molecule has 4 aromatic heterocycles. The Morgan fingerprint density at radius 1 is 0.471 bits per heavy atom. The number of fused-ring (bicyclic) bond motifs is 7. The van der Waals surface area contributed by atoms with Crippen LogP contribution in [0.1, 0.15) is 22.5 Å². The first kappa shape index (κ1) is 18.7. The van der Waals surface area contributed by atoms with E-state index in [9.17, 15) is 0 Å². The third kappa shape index (κ3) is 2.97. The van der Waals surface area contributed by atoms with Gasteiger partial charge < -0.3 is 9.97 Å². The monoisotopic (exact) mass is 438 g/mol. The standard InChI is InChI=1S/C28H18N6/c1-5-23-27(17-9-13-29-14-10-17)24-7-3-21(33-24)22-4-8-26(34-22)28(18-11-15-30-16-12-18)25-6-2-20(32-25)19(1)31-23/h1-16,31,33H. The maximum Gasteiger partial charge on any atom is 0.0872 e. The highest BCUT2D eigenvalue weighted by atomic mass is 14.9. The van der Waals surface area contributed by atoms with E-state index >= 15 is 0 Å². The van der Waals surface area contributed by atoms with Crippen molar-refractivity contribution >= 4 is 28.3 Å². The van der Waals surface area contributed by atoms with Crippen LogP contribution in [-0.4, -0.2) is 31.4 Å². The van der Waals surface area contributed by atoms with Crippen LogP contribution < -0.4 is 10.7 Å². The highest BCUT2D eigenvalue weighted by Gasteiger charge is 2.21. The SMILES string of the molecule is C1=CC2=c3ccc([nH]3)=C(c3ccncc3)c3ccc([nH]3)C3=NC(=C(c4ccncc4)C1=N2)C=C3. The molecule has 3 aliphatic rings. The lowest BCUT2D eigenvalue weighted by Gasteiger charge is -2.08. The van der Waals surface area contributed by atoms with Crippen LogP contribution in [0.15, 0.2) is 113 Å². The maximum atomic E-state index is 4.99. The minimum absolute atomic E-state index is 0.879. The Balaban J connectivity index is 1.56. The molecule has 2 N–H and O–H groups in total. The van der Waals surface area contributed by atoms with Gasteiger partial charge in [0.15, 0.2) is 0 Å². The van der Waals surface area contributed by atoms with Crippen molar-refractivity contribution in [3.8, 4) is 0 Å². The molecule has 0 aromatic carbocycles. The smallest absolute Gasteiger partial charge is 0.0872 e. The number of rotatable bonds is 2. The zero-order chi connectivity index (χ0) is 22.5. The summed E-state index contributed by atoms with van der Waals surface area (Å²) in [7, 11) is 0. The first-order chi connectivity index (χ1) is 16.8. The van der Waals surface area contributed by atoms with E-state index in [1.807, 2.05) is 48.8 Å². The number of aliphatic imine (C=N–C) groups is 2. The van der Waals surface area contributed by atoms with Gasteiger partial charge in [0.25, 0.3) is 0 Å². The fraction of sp³-hybridized carbons (Fsp3) is 0. The molecule has 6 heteroatoms. The molecule has 0 unspecified atom stereocenters. The number of hydrogen-bond donors (Lipinski definition) is 2. The number of allylic oxidation sites excluding steroid dienone is 4. The molecule has 0 atom stereocenters. The van der Waals surface area contributed by atoms with Gasteiger partial charge in [-0.25, -0.2) is 9.98 Å². The molecule has 3 aliphatic heterocycles. The number of H-pyrrole nitrogens is 2. The van der Waals surface area contributed by atoms with Crippen molar-refractivity contribution in [2.75, 3.05) is 0 Å². The molecule has 0 saturated carbocycles. The van der Waals surface area contributed by atoms with E-state index in [1.54, 1.807) is 12.4 Å². The zero-order valence-electron chi connectivity index (χ0n) is 18.0. The number of pyridine rings is 2. The molecule has 34 heavy (non-hydrogen) atoms. The Bertz CT molecular complexity index is 1720. The van der Waals surface area contributed by atoms with Crippen LogP contribution in [-0.2, 0) is 0 Å². The fourth-order valence-corrected chi connectivity index (χ4v) is 4.60. The summed E-state index contributed by atoms with van der Waals surface area (Å²) in [5.74, 6) is 0. The van der Waals surface area contributed by atoms with E-state index in [2.05, 4.69) is 56.4 Å². The Morgan fingerprint density at radius 2 is 1.09 bits per heavy atom. The molecule has 7 rings (SSSR count). The van der Waals surface area contributed by atoms with Crippen LogP contribution in [0.25, 0.3) is 16.8 Å². The summed E-state index contributed by atoms with van der Waals surface area (Å²) < 4.78 is 0. The lowest BCUT2D eigenvalue weighted by atomic mass is 10.00. The van der Waals surface area contributed by atoms with Crippen molar-refractivity contribution < 1.29 is 0 Å². The molecule has 0 saturated heterocycles. The van der Waals surface area contributed by atoms with Gasteiger partial charge >= 0.3 is 0 Å². The summed E-state index contributed by atoms with van der Waals surface area (Å²) in [6.07, 6.45) is 15.4. The summed E-state index contributed by atoms with van der Waals surface area (Å²) in [5.41, 5.74) is 9.66. The first-order valence-corrected chi connectivity index (χ1v) is 11.1. The van der Waals surface area contributed by atoms with Crippen LogP contribution >= 0.6 is 0 Å². The number of hydrogen-bond acceptors (Lipinski definition) is 4. The van der Waals surface area contributed by atoms with Crippen LogP contribution in [0.4, 0.5) is 0 Å². The van der Waals surface area contributed by atoms with Crippen LogP contribution in [0.3, 0.4) is 0 Å². The van der Waals surface area contributed by atoms with E-state index in [0.29, 0.717) is 0 Å². The van der Waals surface area contributed by atoms with Crippen LogP contribution in [0.5, 0.6) is 0 Å². The van der Waals surface area contributed by atoms with Gasteiger partial charge in [-0.05, 0) is 84.0 Å². The normalized spacial score (nSPS) is 16.1. The molecule has 8 bridgehead atoms. The van der Waals surface area contributed by atoms with Gasteiger partial charge in [-0.3, -0.25) is 9.97 Å². The third-order valence-corrected chi connectivity index (χ3v) is 6.19. The second-order valence-electron chi connectivity index (χ2n) is 8.22. The topological polar surface area (TPSA) is 82.1 Å². The second-order valence-corrected chi connectivity index (χ2v) is 8.22. The van der Waals surface area contributed by atoms with Gasteiger partial charge in [-0.2, -0.15) is 0 Å². The molecule has 7 heterocycles. The Labute approximate surface area is 194 Å². The molecule has 0 amide bonds.